The molecule has 0 aliphatic carbocycles. The lowest BCUT2D eigenvalue weighted by atomic mass is 9.73. The molecule has 1 fully saturated rings. The average molecular weight is 447 g/mol. The molecule has 0 saturated carbocycles. The van der Waals surface area contributed by atoms with Gasteiger partial charge in [0.25, 0.3) is 0 Å². The highest BCUT2D eigenvalue weighted by atomic mass is 35.5. The van der Waals surface area contributed by atoms with E-state index in [4.69, 9.17) is 9.47 Å². The van der Waals surface area contributed by atoms with Crippen molar-refractivity contribution in [2.75, 3.05) is 39.5 Å². The van der Waals surface area contributed by atoms with Crippen molar-refractivity contribution in [1.29, 1.82) is 0 Å². The standard InChI is InChI=1S/C26H37NO3.ClH/c1-4-30-24-12-10-23(11-13-24)26(28,15-14-21(2)3)25(22-8-6-5-7-9-22)20-27-16-18-29-19-17-27;/h5-13,21,25,28H,4,14-20H2,1-3H3;1H/p-1. The van der Waals surface area contributed by atoms with Gasteiger partial charge < -0.3 is 27.0 Å². The highest BCUT2D eigenvalue weighted by Crippen LogP contribution is 2.42. The maximum absolute atomic E-state index is 12.3. The molecular formula is C26H37ClNO3-. The fourth-order valence-corrected chi connectivity index (χ4v) is 4.29. The van der Waals surface area contributed by atoms with Crippen molar-refractivity contribution in [1.82, 2.24) is 4.90 Å². The second-order valence-electron chi connectivity index (χ2n) is 8.69. The van der Waals surface area contributed by atoms with E-state index in [-0.39, 0.29) is 18.3 Å². The molecule has 0 radical (unpaired) electrons. The maximum Gasteiger partial charge on any atom is 0.119 e. The summed E-state index contributed by atoms with van der Waals surface area (Å²) in [5.74, 6) is 1.35. The van der Waals surface area contributed by atoms with Crippen LogP contribution in [0.2, 0.25) is 0 Å². The zero-order valence-electron chi connectivity index (χ0n) is 19.1. The van der Waals surface area contributed by atoms with E-state index in [1.54, 1.807) is 0 Å². The van der Waals surface area contributed by atoms with Gasteiger partial charge >= 0.3 is 0 Å². The molecule has 172 valence electrons. The molecule has 1 N–H and O–H groups in total. The van der Waals surface area contributed by atoms with E-state index < -0.39 is 5.60 Å². The molecule has 1 aliphatic heterocycles. The van der Waals surface area contributed by atoms with Gasteiger partial charge in [-0.1, -0.05) is 56.3 Å². The number of hydrogen-bond acceptors (Lipinski definition) is 4. The first-order valence-electron chi connectivity index (χ1n) is 11.3. The molecule has 4 nitrogen and oxygen atoms in total. The Hall–Kier alpha value is -1.59. The summed E-state index contributed by atoms with van der Waals surface area (Å²) in [7, 11) is 0. The fraction of sp³-hybridized carbons (Fsp3) is 0.538. The summed E-state index contributed by atoms with van der Waals surface area (Å²) in [6, 6.07) is 18.5. The molecule has 2 aromatic rings. The predicted molar refractivity (Wildman–Crippen MR) is 122 cm³/mol. The van der Waals surface area contributed by atoms with Gasteiger partial charge in [0.1, 0.15) is 5.75 Å². The first kappa shape index (κ1) is 25.7. The van der Waals surface area contributed by atoms with Crippen LogP contribution in [0.15, 0.2) is 54.6 Å². The van der Waals surface area contributed by atoms with E-state index in [0.717, 1.165) is 57.0 Å². The quantitative estimate of drug-likeness (QED) is 0.604. The number of rotatable bonds is 10. The molecule has 0 bridgehead atoms. The van der Waals surface area contributed by atoms with Crippen LogP contribution in [-0.4, -0.2) is 49.5 Å². The summed E-state index contributed by atoms with van der Waals surface area (Å²) >= 11 is 0. The lowest BCUT2D eigenvalue weighted by Crippen LogP contribution is -3.00. The highest BCUT2D eigenvalue weighted by Gasteiger charge is 2.40. The zero-order valence-corrected chi connectivity index (χ0v) is 19.9. The molecule has 2 unspecified atom stereocenters. The third-order valence-electron chi connectivity index (χ3n) is 6.09. The topological polar surface area (TPSA) is 41.9 Å². The smallest absolute Gasteiger partial charge is 0.119 e. The molecule has 1 heterocycles. The number of aliphatic hydroxyl groups is 1. The van der Waals surface area contributed by atoms with Crippen LogP contribution in [0.1, 0.15) is 50.7 Å². The third kappa shape index (κ3) is 6.95. The van der Waals surface area contributed by atoms with Crippen LogP contribution in [-0.2, 0) is 10.3 Å². The monoisotopic (exact) mass is 446 g/mol. The summed E-state index contributed by atoms with van der Waals surface area (Å²) in [4.78, 5) is 2.43. The van der Waals surface area contributed by atoms with Crippen molar-refractivity contribution < 1.29 is 27.0 Å². The Balaban J connectivity index is 0.00000341. The Bertz CT molecular complexity index is 747. The number of halogens is 1. The Kier molecular flexibility index (Phi) is 10.3. The molecule has 3 rings (SSSR count). The van der Waals surface area contributed by atoms with E-state index in [2.05, 4.69) is 43.0 Å². The molecule has 0 spiro atoms. The average Bonchev–Trinajstić information content (AvgIpc) is 2.78. The summed E-state index contributed by atoms with van der Waals surface area (Å²) in [5, 5.41) is 12.3. The van der Waals surface area contributed by atoms with Gasteiger partial charge in [0, 0.05) is 25.6 Å². The Morgan fingerprint density at radius 3 is 2.26 bits per heavy atom. The van der Waals surface area contributed by atoms with Gasteiger partial charge in [-0.15, -0.1) is 0 Å². The van der Waals surface area contributed by atoms with Crippen LogP contribution in [0.25, 0.3) is 0 Å². The zero-order chi connectivity index (χ0) is 21.4. The lowest BCUT2D eigenvalue weighted by Gasteiger charge is -2.41. The molecule has 2 atom stereocenters. The molecular weight excluding hydrogens is 410 g/mol. The lowest BCUT2D eigenvalue weighted by molar-refractivity contribution is -0.0311. The van der Waals surface area contributed by atoms with E-state index in [0.29, 0.717) is 12.5 Å². The van der Waals surface area contributed by atoms with Crippen molar-refractivity contribution in [2.45, 2.75) is 45.1 Å². The number of nitrogens with zero attached hydrogens (tertiary/aromatic N) is 1. The van der Waals surface area contributed by atoms with Gasteiger partial charge in [-0.2, -0.15) is 0 Å². The number of benzene rings is 2. The predicted octanol–water partition coefficient (Wildman–Crippen LogP) is 1.83. The first-order valence-corrected chi connectivity index (χ1v) is 11.3. The summed E-state index contributed by atoms with van der Waals surface area (Å²) in [6.07, 6.45) is 1.69. The Labute approximate surface area is 194 Å². The van der Waals surface area contributed by atoms with Crippen molar-refractivity contribution in [3.05, 3.63) is 65.7 Å². The van der Waals surface area contributed by atoms with E-state index >= 15 is 0 Å². The van der Waals surface area contributed by atoms with Crippen LogP contribution >= 0.6 is 0 Å². The van der Waals surface area contributed by atoms with Crippen LogP contribution in [0.5, 0.6) is 5.75 Å². The molecule has 1 saturated heterocycles. The number of hydrogen-bond donors (Lipinski definition) is 1. The molecule has 2 aromatic carbocycles. The van der Waals surface area contributed by atoms with E-state index in [1.807, 2.05) is 37.3 Å². The molecule has 1 aliphatic rings. The van der Waals surface area contributed by atoms with Gasteiger partial charge in [0.15, 0.2) is 0 Å². The minimum Gasteiger partial charge on any atom is -1.00 e. The fourth-order valence-electron chi connectivity index (χ4n) is 4.29. The van der Waals surface area contributed by atoms with Crippen molar-refractivity contribution >= 4 is 0 Å². The third-order valence-corrected chi connectivity index (χ3v) is 6.09. The number of morpholine rings is 1. The van der Waals surface area contributed by atoms with Crippen LogP contribution < -0.4 is 17.1 Å². The van der Waals surface area contributed by atoms with E-state index in [9.17, 15) is 5.11 Å². The van der Waals surface area contributed by atoms with Crippen molar-refractivity contribution in [3.8, 4) is 5.75 Å². The maximum atomic E-state index is 12.3. The molecule has 0 aromatic heterocycles. The Morgan fingerprint density at radius 1 is 1.03 bits per heavy atom. The van der Waals surface area contributed by atoms with Crippen molar-refractivity contribution in [2.24, 2.45) is 5.92 Å². The molecule has 0 amide bonds. The van der Waals surface area contributed by atoms with Gasteiger partial charge in [-0.05, 0) is 48.9 Å². The van der Waals surface area contributed by atoms with Crippen LogP contribution in [0.3, 0.4) is 0 Å². The molecule has 5 heteroatoms. The van der Waals surface area contributed by atoms with Crippen molar-refractivity contribution in [3.63, 3.8) is 0 Å². The minimum absolute atomic E-state index is 0. The second-order valence-corrected chi connectivity index (χ2v) is 8.69. The molecule has 31 heavy (non-hydrogen) atoms. The highest BCUT2D eigenvalue weighted by molar-refractivity contribution is 5.35. The SMILES string of the molecule is CCOc1ccc(C(O)(CCC(C)C)C(CN2CCOCC2)c2ccccc2)cc1.[Cl-]. The van der Waals surface area contributed by atoms with Gasteiger partial charge in [0.05, 0.1) is 25.4 Å². The first-order chi connectivity index (χ1) is 14.5. The summed E-state index contributed by atoms with van der Waals surface area (Å²) in [6.45, 7) is 11.2. The number of ether oxygens (including phenoxy) is 2. The van der Waals surface area contributed by atoms with Gasteiger partial charge in [-0.25, -0.2) is 0 Å². The normalized spacial score (nSPS) is 17.6. The summed E-state index contributed by atoms with van der Waals surface area (Å²) in [5.41, 5.74) is 1.20. The van der Waals surface area contributed by atoms with Gasteiger partial charge in [0.2, 0.25) is 0 Å². The summed E-state index contributed by atoms with van der Waals surface area (Å²) < 4.78 is 11.2. The van der Waals surface area contributed by atoms with E-state index in [1.165, 1.54) is 5.56 Å². The second kappa shape index (κ2) is 12.4. The van der Waals surface area contributed by atoms with Gasteiger partial charge in [-0.3, -0.25) is 4.90 Å². The minimum atomic E-state index is -0.950. The van der Waals surface area contributed by atoms with Crippen LogP contribution in [0.4, 0.5) is 0 Å². The largest absolute Gasteiger partial charge is 1.00 e. The van der Waals surface area contributed by atoms with Crippen LogP contribution in [0, 0.1) is 5.92 Å². The Morgan fingerprint density at radius 2 is 1.68 bits per heavy atom.